The number of benzene rings is 3. The van der Waals surface area contributed by atoms with Crippen molar-refractivity contribution in [3.8, 4) is 5.75 Å². The molecular weight excluding hydrogens is 378 g/mol. The van der Waals surface area contributed by atoms with Crippen molar-refractivity contribution in [2.75, 3.05) is 12.4 Å². The minimum atomic E-state index is -0.339. The number of amides is 2. The Balaban J connectivity index is 1.67. The Bertz CT molecular complexity index is 1060. The van der Waals surface area contributed by atoms with E-state index in [0.717, 1.165) is 29.2 Å². The first-order chi connectivity index (χ1) is 14.6. The molecule has 2 N–H and O–H groups in total. The second-order valence-electron chi connectivity index (χ2n) is 6.83. The molecular formula is C24H25N3O3. The minimum Gasteiger partial charge on any atom is -0.496 e. The summed E-state index contributed by atoms with van der Waals surface area (Å²) < 4.78 is 5.43. The molecule has 0 saturated carbocycles. The van der Waals surface area contributed by atoms with Gasteiger partial charge in [0.05, 0.1) is 13.3 Å². The highest BCUT2D eigenvalue weighted by atomic mass is 16.5. The summed E-state index contributed by atoms with van der Waals surface area (Å²) in [6.07, 6.45) is 3.90. The summed E-state index contributed by atoms with van der Waals surface area (Å²) in [6.45, 7) is 2.04. The second-order valence-corrected chi connectivity index (χ2v) is 6.83. The molecule has 0 bridgehead atoms. The van der Waals surface area contributed by atoms with Gasteiger partial charge >= 0.3 is 0 Å². The Labute approximate surface area is 175 Å². The smallest absolute Gasteiger partial charge is 0.271 e. The van der Waals surface area contributed by atoms with Crippen molar-refractivity contribution in [2.24, 2.45) is 5.10 Å². The third-order valence-corrected chi connectivity index (χ3v) is 4.70. The average molecular weight is 403 g/mol. The number of anilines is 1. The monoisotopic (exact) mass is 403 g/mol. The van der Waals surface area contributed by atoms with E-state index in [4.69, 9.17) is 4.74 Å². The standard InChI is InChI=1S/C24H25N3O3/c1-3-4-9-23(28)26-19-13-10-18(11-14-19)24(29)27-25-16-21-20-8-6-5-7-17(20)12-15-22(21)30-2/h5-8,10-16H,3-4,9H2,1-2H3,(H,26,28)(H,27,29). The number of nitrogens with zero attached hydrogens (tertiary/aromatic N) is 1. The lowest BCUT2D eigenvalue weighted by atomic mass is 10.0. The van der Waals surface area contributed by atoms with Gasteiger partial charge in [-0.1, -0.05) is 43.7 Å². The topological polar surface area (TPSA) is 79.8 Å². The number of ether oxygens (including phenoxy) is 1. The Kier molecular flexibility index (Phi) is 7.16. The third-order valence-electron chi connectivity index (χ3n) is 4.70. The molecule has 0 aliphatic rings. The van der Waals surface area contributed by atoms with Gasteiger partial charge in [-0.15, -0.1) is 0 Å². The van der Waals surface area contributed by atoms with Gasteiger partial charge in [-0.2, -0.15) is 5.10 Å². The number of hydrogen-bond acceptors (Lipinski definition) is 4. The number of carbonyl (C=O) groups excluding carboxylic acids is 2. The molecule has 3 rings (SSSR count). The summed E-state index contributed by atoms with van der Waals surface area (Å²) in [5.74, 6) is 0.312. The molecule has 0 aliphatic carbocycles. The zero-order valence-corrected chi connectivity index (χ0v) is 17.1. The van der Waals surface area contributed by atoms with Crippen LogP contribution in [0.1, 0.15) is 42.1 Å². The van der Waals surface area contributed by atoms with Gasteiger partial charge in [-0.3, -0.25) is 9.59 Å². The summed E-state index contributed by atoms with van der Waals surface area (Å²) in [7, 11) is 1.60. The van der Waals surface area contributed by atoms with Gasteiger partial charge in [0.2, 0.25) is 5.91 Å². The quantitative estimate of drug-likeness (QED) is 0.421. The first-order valence-electron chi connectivity index (χ1n) is 9.91. The fraction of sp³-hybridized carbons (Fsp3) is 0.208. The molecule has 0 heterocycles. The SMILES string of the molecule is CCCCC(=O)Nc1ccc(C(=O)NN=Cc2c(OC)ccc3ccccc23)cc1. The molecule has 0 saturated heterocycles. The van der Waals surface area contributed by atoms with Crippen LogP contribution in [0, 0.1) is 0 Å². The van der Waals surface area contributed by atoms with Gasteiger partial charge in [-0.05, 0) is 47.5 Å². The highest BCUT2D eigenvalue weighted by Gasteiger charge is 2.08. The van der Waals surface area contributed by atoms with Crippen molar-refractivity contribution in [2.45, 2.75) is 26.2 Å². The Morgan fingerprint density at radius 3 is 2.53 bits per heavy atom. The molecule has 30 heavy (non-hydrogen) atoms. The van der Waals surface area contributed by atoms with E-state index < -0.39 is 0 Å². The summed E-state index contributed by atoms with van der Waals surface area (Å²) >= 11 is 0. The molecule has 6 heteroatoms. The summed E-state index contributed by atoms with van der Waals surface area (Å²) in [4.78, 5) is 24.2. The number of unbranched alkanes of at least 4 members (excludes halogenated alkanes) is 1. The van der Waals surface area contributed by atoms with Crippen LogP contribution < -0.4 is 15.5 Å². The highest BCUT2D eigenvalue weighted by molar-refractivity contribution is 6.03. The first kappa shape index (κ1) is 21.0. The average Bonchev–Trinajstić information content (AvgIpc) is 2.78. The van der Waals surface area contributed by atoms with Crippen LogP contribution in [0.2, 0.25) is 0 Å². The van der Waals surface area contributed by atoms with E-state index in [2.05, 4.69) is 15.8 Å². The molecule has 0 aliphatic heterocycles. The highest BCUT2D eigenvalue weighted by Crippen LogP contribution is 2.26. The number of methoxy groups -OCH3 is 1. The third kappa shape index (κ3) is 5.23. The van der Waals surface area contributed by atoms with Crippen LogP contribution in [0.25, 0.3) is 10.8 Å². The van der Waals surface area contributed by atoms with E-state index in [9.17, 15) is 9.59 Å². The number of hydrogen-bond donors (Lipinski definition) is 2. The van der Waals surface area contributed by atoms with Crippen molar-refractivity contribution in [1.82, 2.24) is 5.43 Å². The fourth-order valence-corrected chi connectivity index (χ4v) is 3.07. The predicted molar refractivity (Wildman–Crippen MR) is 120 cm³/mol. The summed E-state index contributed by atoms with van der Waals surface area (Å²) in [6, 6.07) is 18.5. The molecule has 3 aromatic carbocycles. The second kappa shape index (κ2) is 10.2. The molecule has 0 spiro atoms. The van der Waals surface area contributed by atoms with Crippen molar-refractivity contribution in [3.63, 3.8) is 0 Å². The van der Waals surface area contributed by atoms with Crippen LogP contribution in [-0.4, -0.2) is 25.1 Å². The van der Waals surface area contributed by atoms with Crippen LogP contribution in [0.3, 0.4) is 0 Å². The maximum Gasteiger partial charge on any atom is 0.271 e. The van der Waals surface area contributed by atoms with Gasteiger partial charge < -0.3 is 10.1 Å². The number of carbonyl (C=O) groups is 2. The van der Waals surface area contributed by atoms with Crippen LogP contribution in [0.4, 0.5) is 5.69 Å². The molecule has 154 valence electrons. The summed E-state index contributed by atoms with van der Waals surface area (Å²) in [5, 5.41) is 8.97. The molecule has 6 nitrogen and oxygen atoms in total. The largest absolute Gasteiger partial charge is 0.496 e. The Morgan fingerprint density at radius 2 is 1.80 bits per heavy atom. The Hall–Kier alpha value is -3.67. The van der Waals surface area contributed by atoms with Gasteiger partial charge in [0.15, 0.2) is 0 Å². The van der Waals surface area contributed by atoms with E-state index in [1.54, 1.807) is 37.6 Å². The normalized spacial score (nSPS) is 10.9. The number of fused-ring (bicyclic) bond motifs is 1. The van der Waals surface area contributed by atoms with Crippen LogP contribution in [0.15, 0.2) is 65.8 Å². The lowest BCUT2D eigenvalue weighted by Gasteiger charge is -2.08. The molecule has 0 fully saturated rings. The maximum absolute atomic E-state index is 12.4. The zero-order valence-electron chi connectivity index (χ0n) is 17.1. The number of rotatable bonds is 8. The molecule has 0 radical (unpaired) electrons. The van der Waals surface area contributed by atoms with Crippen molar-refractivity contribution >= 4 is 34.5 Å². The van der Waals surface area contributed by atoms with Crippen molar-refractivity contribution in [3.05, 3.63) is 71.8 Å². The van der Waals surface area contributed by atoms with Crippen LogP contribution in [-0.2, 0) is 4.79 Å². The van der Waals surface area contributed by atoms with E-state index in [1.165, 1.54) is 0 Å². The molecule has 3 aromatic rings. The zero-order chi connectivity index (χ0) is 21.3. The van der Waals surface area contributed by atoms with Crippen molar-refractivity contribution < 1.29 is 14.3 Å². The maximum atomic E-state index is 12.4. The van der Waals surface area contributed by atoms with E-state index in [1.807, 2.05) is 43.3 Å². The minimum absolute atomic E-state index is 0.0253. The Morgan fingerprint density at radius 1 is 1.03 bits per heavy atom. The fourth-order valence-electron chi connectivity index (χ4n) is 3.07. The summed E-state index contributed by atoms with van der Waals surface area (Å²) in [5.41, 5.74) is 4.44. The lowest BCUT2D eigenvalue weighted by molar-refractivity contribution is -0.116. The molecule has 0 aromatic heterocycles. The van der Waals surface area contributed by atoms with E-state index in [-0.39, 0.29) is 11.8 Å². The van der Waals surface area contributed by atoms with Crippen molar-refractivity contribution in [1.29, 1.82) is 0 Å². The number of hydrazone groups is 1. The van der Waals surface area contributed by atoms with Gasteiger partial charge in [0, 0.05) is 23.2 Å². The molecule has 0 atom stereocenters. The van der Waals surface area contributed by atoms with Crippen LogP contribution in [0.5, 0.6) is 5.75 Å². The number of nitrogens with one attached hydrogen (secondary N) is 2. The predicted octanol–water partition coefficient (Wildman–Crippen LogP) is 4.74. The van der Waals surface area contributed by atoms with Gasteiger partial charge in [0.1, 0.15) is 5.75 Å². The van der Waals surface area contributed by atoms with E-state index in [0.29, 0.717) is 23.4 Å². The van der Waals surface area contributed by atoms with Gasteiger partial charge in [0.25, 0.3) is 5.91 Å². The van der Waals surface area contributed by atoms with E-state index >= 15 is 0 Å². The first-order valence-corrected chi connectivity index (χ1v) is 9.91. The van der Waals surface area contributed by atoms with Gasteiger partial charge in [-0.25, -0.2) is 5.43 Å². The molecule has 2 amide bonds. The van der Waals surface area contributed by atoms with Crippen LogP contribution >= 0.6 is 0 Å². The molecule has 0 unspecified atom stereocenters. The lowest BCUT2D eigenvalue weighted by Crippen LogP contribution is -2.18.